The lowest BCUT2D eigenvalue weighted by atomic mass is 9.76. The second kappa shape index (κ2) is 7.68. The van der Waals surface area contributed by atoms with Crippen LogP contribution < -0.4 is 14.8 Å². The lowest BCUT2D eigenvalue weighted by Gasteiger charge is -2.56. The quantitative estimate of drug-likeness (QED) is 0.273. The van der Waals surface area contributed by atoms with Crippen molar-refractivity contribution in [2.24, 2.45) is 0 Å². The molecule has 33 heavy (non-hydrogen) atoms. The number of ether oxygens (including phenoxy) is 2. The number of hydrogen-bond acceptors (Lipinski definition) is 11. The number of methoxy groups -OCH3 is 2. The van der Waals surface area contributed by atoms with Gasteiger partial charge in [0.1, 0.15) is 30.0 Å². The molecule has 0 aromatic heterocycles. The number of hydroxylamine groups is 2. The van der Waals surface area contributed by atoms with E-state index in [-0.39, 0.29) is 17.9 Å². The average molecular weight is 499 g/mol. The van der Waals surface area contributed by atoms with E-state index in [9.17, 15) is 30.0 Å². The van der Waals surface area contributed by atoms with E-state index in [0.29, 0.717) is 11.3 Å². The van der Waals surface area contributed by atoms with Crippen LogP contribution in [0.15, 0.2) is 24.3 Å². The summed E-state index contributed by atoms with van der Waals surface area (Å²) in [6.45, 7) is 0. The van der Waals surface area contributed by atoms with Gasteiger partial charge in [-0.15, -0.1) is 0 Å². The van der Waals surface area contributed by atoms with Crippen LogP contribution >= 0.6 is 21.6 Å². The fourth-order valence-electron chi connectivity index (χ4n) is 4.69. The van der Waals surface area contributed by atoms with Crippen molar-refractivity contribution in [1.29, 1.82) is 0 Å². The van der Waals surface area contributed by atoms with E-state index in [4.69, 9.17) is 14.3 Å². The molecule has 13 heteroatoms. The Morgan fingerprint density at radius 2 is 1.97 bits per heavy atom. The van der Waals surface area contributed by atoms with Gasteiger partial charge in [0.05, 0.1) is 19.5 Å². The highest BCUT2D eigenvalue weighted by atomic mass is 33.1. The molecule has 2 bridgehead atoms. The molecule has 1 aliphatic carbocycles. The largest absolute Gasteiger partial charge is 0.504 e. The summed E-state index contributed by atoms with van der Waals surface area (Å²) in [7, 11) is 4.93. The Hall–Kier alpha value is -2.16. The zero-order valence-corrected chi connectivity index (χ0v) is 19.1. The van der Waals surface area contributed by atoms with Gasteiger partial charge in [0.25, 0.3) is 11.8 Å². The van der Waals surface area contributed by atoms with Crippen LogP contribution in [-0.4, -0.2) is 86.3 Å². The van der Waals surface area contributed by atoms with Gasteiger partial charge in [-0.2, -0.15) is 5.06 Å². The summed E-state index contributed by atoms with van der Waals surface area (Å²) in [5, 5.41) is 45.7. The second-order valence-corrected chi connectivity index (χ2v) is 10.8. The monoisotopic (exact) mass is 498 g/mol. The molecule has 1 unspecified atom stereocenters. The van der Waals surface area contributed by atoms with Crippen LogP contribution in [0.4, 0.5) is 0 Å². The Morgan fingerprint density at radius 3 is 2.67 bits per heavy atom. The van der Waals surface area contributed by atoms with Gasteiger partial charge in [0.15, 0.2) is 11.5 Å². The average Bonchev–Trinajstić information content (AvgIpc) is 2.99. The molecule has 7 atom stereocenters. The van der Waals surface area contributed by atoms with Crippen LogP contribution in [0.1, 0.15) is 17.2 Å². The van der Waals surface area contributed by atoms with Crippen LogP contribution in [0.3, 0.4) is 0 Å². The summed E-state index contributed by atoms with van der Waals surface area (Å²) >= 11 is 0. The number of phenolic OH excluding ortho intramolecular Hbond substituents is 1. The molecule has 1 aromatic carbocycles. The first-order valence-electron chi connectivity index (χ1n) is 10.0. The highest BCUT2D eigenvalue weighted by Gasteiger charge is 2.69. The maximum absolute atomic E-state index is 13.5. The zero-order valence-electron chi connectivity index (χ0n) is 17.5. The third-order valence-corrected chi connectivity index (χ3v) is 9.77. The third-order valence-electron chi connectivity index (χ3n) is 6.43. The van der Waals surface area contributed by atoms with Crippen LogP contribution in [0.2, 0.25) is 0 Å². The number of amides is 2. The SMILES string of the molecule is COc1ccc([C@H]2SSC34C[C@]5(O)[C@@H](O)C=C[C@@H](O)[C@@H]5ON3C(=O)[C@@H]2NC4=O)c(O)c1OC. The highest BCUT2D eigenvalue weighted by Crippen LogP contribution is 2.61. The summed E-state index contributed by atoms with van der Waals surface area (Å²) in [5.41, 5.74) is -1.67. The summed E-state index contributed by atoms with van der Waals surface area (Å²) < 4.78 is 10.5. The molecule has 4 aliphatic heterocycles. The minimum absolute atomic E-state index is 0.0861. The molecule has 5 aliphatic rings. The first-order chi connectivity index (χ1) is 15.7. The van der Waals surface area contributed by atoms with Crippen LogP contribution in [0.5, 0.6) is 17.2 Å². The number of carbonyl (C=O) groups excluding carboxylic acids is 2. The van der Waals surface area contributed by atoms with Crippen molar-refractivity contribution < 1.29 is 44.3 Å². The van der Waals surface area contributed by atoms with Gasteiger partial charge in [-0.25, -0.2) is 0 Å². The molecule has 1 spiro atoms. The van der Waals surface area contributed by atoms with Gasteiger partial charge in [-0.1, -0.05) is 39.8 Å². The third kappa shape index (κ3) is 3.00. The number of fused-ring (bicyclic) bond motifs is 4. The number of benzene rings is 1. The summed E-state index contributed by atoms with van der Waals surface area (Å²) in [6, 6.07) is 2.05. The van der Waals surface area contributed by atoms with Crippen molar-refractivity contribution in [2.45, 2.75) is 46.5 Å². The number of aliphatic hydroxyl groups is 3. The Labute approximate surface area is 196 Å². The maximum Gasteiger partial charge on any atom is 0.272 e. The number of nitrogens with one attached hydrogen (secondary N) is 1. The standard InChI is InChI=1S/C20H22N2O9S2/c1-29-10-5-3-8(13(25)14(10)30-2)15-12-17(26)22-20(33-32-15,18(27)21-12)7-19(28)11(24)6-4-9(23)16(19)31-22/h3-6,9,11-12,15-16,23-25,28H,7H2,1-2H3,(H,21,27)/t9-,11+,12-,15-,16+,19+,20?/m1/s1. The predicted octanol–water partition coefficient (Wildman–Crippen LogP) is -0.405. The second-order valence-electron chi connectivity index (χ2n) is 8.22. The maximum atomic E-state index is 13.5. The Balaban J connectivity index is 1.58. The minimum Gasteiger partial charge on any atom is -0.504 e. The number of hydrogen-bond donors (Lipinski definition) is 5. The Kier molecular flexibility index (Phi) is 5.27. The number of carbonyl (C=O) groups is 2. The number of nitrogens with zero attached hydrogens (tertiary/aromatic N) is 1. The van der Waals surface area contributed by atoms with E-state index in [2.05, 4.69) is 5.32 Å². The van der Waals surface area contributed by atoms with Crippen molar-refractivity contribution in [3.8, 4) is 17.2 Å². The topological polar surface area (TPSA) is 158 Å². The Bertz CT molecular complexity index is 1050. The lowest BCUT2D eigenvalue weighted by Crippen LogP contribution is -2.77. The van der Waals surface area contributed by atoms with Crippen molar-refractivity contribution in [1.82, 2.24) is 10.4 Å². The zero-order chi connectivity index (χ0) is 23.7. The van der Waals surface area contributed by atoms with E-state index in [1.807, 2.05) is 0 Å². The molecule has 5 N–H and O–H groups in total. The smallest absolute Gasteiger partial charge is 0.272 e. The van der Waals surface area contributed by atoms with Crippen molar-refractivity contribution in [3.63, 3.8) is 0 Å². The summed E-state index contributed by atoms with van der Waals surface area (Å²) in [6.07, 6.45) is -1.92. The Morgan fingerprint density at radius 1 is 1.21 bits per heavy atom. The van der Waals surface area contributed by atoms with Crippen molar-refractivity contribution >= 4 is 33.4 Å². The molecular weight excluding hydrogens is 476 g/mol. The molecule has 2 amide bonds. The van der Waals surface area contributed by atoms with Crippen LogP contribution in [0, 0.1) is 0 Å². The first-order valence-corrected chi connectivity index (χ1v) is 12.3. The van der Waals surface area contributed by atoms with Crippen molar-refractivity contribution in [2.75, 3.05) is 14.2 Å². The fourth-order valence-corrected chi connectivity index (χ4v) is 8.21. The number of aromatic hydroxyl groups is 1. The highest BCUT2D eigenvalue weighted by molar-refractivity contribution is 8.77. The van der Waals surface area contributed by atoms with E-state index < -0.39 is 51.9 Å². The molecular formula is C20H22N2O9S2. The number of phenols is 1. The van der Waals surface area contributed by atoms with Gasteiger partial charge in [-0.05, 0) is 6.07 Å². The van der Waals surface area contributed by atoms with E-state index in [1.54, 1.807) is 12.1 Å². The molecule has 4 fully saturated rings. The van der Waals surface area contributed by atoms with Gasteiger partial charge in [-0.3, -0.25) is 14.4 Å². The number of piperazine rings is 1. The molecule has 11 nitrogen and oxygen atoms in total. The number of aliphatic hydroxyl groups excluding tert-OH is 2. The van der Waals surface area contributed by atoms with E-state index in [0.717, 1.165) is 26.7 Å². The lowest BCUT2D eigenvalue weighted by molar-refractivity contribution is -0.326. The molecule has 6 rings (SSSR count). The number of rotatable bonds is 3. The molecule has 4 heterocycles. The first kappa shape index (κ1) is 22.6. The van der Waals surface area contributed by atoms with Gasteiger partial charge in [0, 0.05) is 12.0 Å². The van der Waals surface area contributed by atoms with Gasteiger partial charge in [0.2, 0.25) is 10.6 Å². The minimum atomic E-state index is -2.01. The molecule has 4 saturated heterocycles. The van der Waals surface area contributed by atoms with E-state index in [1.165, 1.54) is 26.4 Å². The predicted molar refractivity (Wildman–Crippen MR) is 116 cm³/mol. The normalized spacial score (nSPS) is 39.4. The van der Waals surface area contributed by atoms with Crippen molar-refractivity contribution in [3.05, 3.63) is 29.8 Å². The van der Waals surface area contributed by atoms with Gasteiger partial charge >= 0.3 is 0 Å². The molecule has 0 radical (unpaired) electrons. The summed E-state index contributed by atoms with van der Waals surface area (Å²) in [5.74, 6) is -1.05. The molecule has 0 saturated carbocycles. The van der Waals surface area contributed by atoms with E-state index >= 15 is 0 Å². The van der Waals surface area contributed by atoms with Crippen LogP contribution in [0.25, 0.3) is 0 Å². The molecule has 1 aromatic rings. The molecule has 178 valence electrons. The van der Waals surface area contributed by atoms with Gasteiger partial charge < -0.3 is 35.2 Å². The fraction of sp³-hybridized carbons (Fsp3) is 0.500. The summed E-state index contributed by atoms with van der Waals surface area (Å²) in [4.78, 5) is 30.8. The van der Waals surface area contributed by atoms with Crippen LogP contribution in [-0.2, 0) is 14.4 Å².